The number of benzene rings is 1. The van der Waals surface area contributed by atoms with E-state index in [1.807, 2.05) is 6.07 Å². The van der Waals surface area contributed by atoms with Gasteiger partial charge in [0.2, 0.25) is 0 Å². The molecule has 3 aromatic rings. The first-order valence-corrected chi connectivity index (χ1v) is 9.85. The smallest absolute Gasteiger partial charge is 0.159 e. The van der Waals surface area contributed by atoms with Crippen LogP contribution < -0.4 is 0 Å². The van der Waals surface area contributed by atoms with Crippen molar-refractivity contribution >= 4 is 10.9 Å². The Morgan fingerprint density at radius 3 is 2.50 bits per heavy atom. The average Bonchev–Trinajstić information content (AvgIpc) is 3.06. The van der Waals surface area contributed by atoms with Crippen LogP contribution in [0.2, 0.25) is 0 Å². The molecule has 0 atom stereocenters. The fourth-order valence-electron chi connectivity index (χ4n) is 3.99. The summed E-state index contributed by atoms with van der Waals surface area (Å²) in [5, 5.41) is 1.34. The summed E-state index contributed by atoms with van der Waals surface area (Å²) in [7, 11) is 0. The fourth-order valence-corrected chi connectivity index (χ4v) is 3.99. The van der Waals surface area contributed by atoms with Crippen LogP contribution in [0, 0.1) is 0 Å². The standard InChI is InChI=1S/C22H28N4/c1-17(2)20-16-26(14-13-25-11-4-3-5-12-25)21-8-7-18(15-19(20)21)22-23-9-6-10-24-22/h6-10,15-17H,3-5,11-14H2,1-2H3. The van der Waals surface area contributed by atoms with Crippen molar-refractivity contribution in [3.8, 4) is 11.4 Å². The number of nitrogens with zero attached hydrogens (tertiary/aromatic N) is 4. The van der Waals surface area contributed by atoms with E-state index < -0.39 is 0 Å². The zero-order chi connectivity index (χ0) is 17.9. The summed E-state index contributed by atoms with van der Waals surface area (Å²) in [5.41, 5.74) is 3.83. The molecule has 0 N–H and O–H groups in total. The van der Waals surface area contributed by atoms with Crippen molar-refractivity contribution in [3.05, 3.63) is 48.4 Å². The molecule has 1 saturated heterocycles. The topological polar surface area (TPSA) is 34.0 Å². The minimum Gasteiger partial charge on any atom is -0.346 e. The summed E-state index contributed by atoms with van der Waals surface area (Å²) in [6.45, 7) is 9.26. The maximum atomic E-state index is 4.41. The Balaban J connectivity index is 1.66. The number of hydrogen-bond donors (Lipinski definition) is 0. The largest absolute Gasteiger partial charge is 0.346 e. The van der Waals surface area contributed by atoms with E-state index in [1.54, 1.807) is 12.4 Å². The molecule has 2 aromatic heterocycles. The Hall–Kier alpha value is -2.20. The molecule has 136 valence electrons. The van der Waals surface area contributed by atoms with Gasteiger partial charge >= 0.3 is 0 Å². The molecule has 4 rings (SSSR count). The summed E-state index contributed by atoms with van der Waals surface area (Å²) in [5.74, 6) is 1.30. The third-order valence-corrected chi connectivity index (χ3v) is 5.46. The highest BCUT2D eigenvalue weighted by Gasteiger charge is 2.15. The van der Waals surface area contributed by atoms with E-state index in [2.05, 4.69) is 57.7 Å². The Bertz CT molecular complexity index is 860. The molecule has 0 radical (unpaired) electrons. The minimum atomic E-state index is 0.501. The molecule has 0 amide bonds. The van der Waals surface area contributed by atoms with Crippen LogP contribution in [0.1, 0.15) is 44.6 Å². The van der Waals surface area contributed by atoms with Gasteiger partial charge in [-0.15, -0.1) is 0 Å². The van der Waals surface area contributed by atoms with Crippen molar-refractivity contribution in [3.63, 3.8) is 0 Å². The molecule has 1 aliphatic rings. The van der Waals surface area contributed by atoms with E-state index in [1.165, 1.54) is 48.8 Å². The zero-order valence-corrected chi connectivity index (χ0v) is 15.9. The van der Waals surface area contributed by atoms with Crippen LogP contribution in [-0.2, 0) is 6.54 Å². The van der Waals surface area contributed by atoms with E-state index in [0.717, 1.165) is 24.5 Å². The summed E-state index contributed by atoms with van der Waals surface area (Å²) in [6.07, 6.45) is 10.1. The number of likely N-dealkylation sites (tertiary alicyclic amines) is 1. The molecular formula is C22H28N4. The molecule has 4 heteroatoms. The van der Waals surface area contributed by atoms with Gasteiger partial charge in [-0.25, -0.2) is 9.97 Å². The summed E-state index contributed by atoms with van der Waals surface area (Å²) >= 11 is 0. The molecule has 0 spiro atoms. The van der Waals surface area contributed by atoms with Crippen LogP contribution in [0.25, 0.3) is 22.3 Å². The van der Waals surface area contributed by atoms with Gasteiger partial charge in [-0.1, -0.05) is 20.3 Å². The minimum absolute atomic E-state index is 0.501. The Morgan fingerprint density at radius 1 is 1.00 bits per heavy atom. The van der Waals surface area contributed by atoms with Gasteiger partial charge in [-0.3, -0.25) is 0 Å². The quantitative estimate of drug-likeness (QED) is 0.670. The molecule has 0 bridgehead atoms. The van der Waals surface area contributed by atoms with E-state index in [0.29, 0.717) is 5.92 Å². The Kier molecular flexibility index (Phi) is 5.02. The van der Waals surface area contributed by atoms with Crippen LogP contribution in [0.4, 0.5) is 0 Å². The second-order valence-corrected chi connectivity index (χ2v) is 7.64. The predicted octanol–water partition coefficient (Wildman–Crippen LogP) is 4.71. The van der Waals surface area contributed by atoms with Gasteiger partial charge in [-0.2, -0.15) is 0 Å². The van der Waals surface area contributed by atoms with Crippen LogP contribution in [-0.4, -0.2) is 39.1 Å². The summed E-state index contributed by atoms with van der Waals surface area (Å²) in [4.78, 5) is 11.4. The highest BCUT2D eigenvalue weighted by atomic mass is 15.1. The lowest BCUT2D eigenvalue weighted by atomic mass is 10.0. The third kappa shape index (κ3) is 3.51. The first kappa shape index (κ1) is 17.2. The van der Waals surface area contributed by atoms with Gasteiger partial charge in [0, 0.05) is 48.1 Å². The maximum absolute atomic E-state index is 4.41. The van der Waals surface area contributed by atoms with Crippen molar-refractivity contribution in [2.75, 3.05) is 19.6 Å². The molecule has 3 heterocycles. The second kappa shape index (κ2) is 7.58. The third-order valence-electron chi connectivity index (χ3n) is 5.46. The normalized spacial score (nSPS) is 15.8. The summed E-state index contributed by atoms with van der Waals surface area (Å²) in [6, 6.07) is 8.51. The average molecular weight is 348 g/mol. The van der Waals surface area contributed by atoms with E-state index in [4.69, 9.17) is 0 Å². The second-order valence-electron chi connectivity index (χ2n) is 7.64. The van der Waals surface area contributed by atoms with E-state index in [-0.39, 0.29) is 0 Å². The molecule has 1 fully saturated rings. The van der Waals surface area contributed by atoms with Crippen molar-refractivity contribution in [2.24, 2.45) is 0 Å². The van der Waals surface area contributed by atoms with Crippen molar-refractivity contribution in [1.29, 1.82) is 0 Å². The van der Waals surface area contributed by atoms with Crippen LogP contribution in [0.5, 0.6) is 0 Å². The summed E-state index contributed by atoms with van der Waals surface area (Å²) < 4.78 is 2.44. The number of piperidine rings is 1. The lowest BCUT2D eigenvalue weighted by molar-refractivity contribution is 0.221. The molecule has 26 heavy (non-hydrogen) atoms. The van der Waals surface area contributed by atoms with E-state index in [9.17, 15) is 0 Å². The monoisotopic (exact) mass is 348 g/mol. The maximum Gasteiger partial charge on any atom is 0.159 e. The van der Waals surface area contributed by atoms with Crippen LogP contribution in [0.3, 0.4) is 0 Å². The first-order valence-electron chi connectivity index (χ1n) is 9.85. The zero-order valence-electron chi connectivity index (χ0n) is 15.9. The molecule has 1 aliphatic heterocycles. The van der Waals surface area contributed by atoms with Crippen molar-refractivity contribution < 1.29 is 0 Å². The number of rotatable bonds is 5. The van der Waals surface area contributed by atoms with E-state index >= 15 is 0 Å². The lowest BCUT2D eigenvalue weighted by Gasteiger charge is -2.26. The Labute approximate surface area is 155 Å². The van der Waals surface area contributed by atoms with Gasteiger partial charge < -0.3 is 9.47 Å². The van der Waals surface area contributed by atoms with Crippen LogP contribution >= 0.6 is 0 Å². The highest BCUT2D eigenvalue weighted by molar-refractivity contribution is 5.88. The molecule has 0 saturated carbocycles. The van der Waals surface area contributed by atoms with Gasteiger partial charge in [0.1, 0.15) is 0 Å². The SMILES string of the molecule is CC(C)c1cn(CCN2CCCCC2)c2ccc(-c3ncccn3)cc12. The lowest BCUT2D eigenvalue weighted by Crippen LogP contribution is -2.32. The van der Waals surface area contributed by atoms with Crippen molar-refractivity contribution in [1.82, 2.24) is 19.4 Å². The number of fused-ring (bicyclic) bond motifs is 1. The van der Waals surface area contributed by atoms with Gasteiger partial charge in [0.05, 0.1) is 0 Å². The van der Waals surface area contributed by atoms with Crippen molar-refractivity contribution in [2.45, 2.75) is 45.6 Å². The van der Waals surface area contributed by atoms with Gasteiger partial charge in [-0.05, 0) is 61.7 Å². The fraction of sp³-hybridized carbons (Fsp3) is 0.455. The Morgan fingerprint density at radius 2 is 1.77 bits per heavy atom. The highest BCUT2D eigenvalue weighted by Crippen LogP contribution is 2.30. The predicted molar refractivity (Wildman–Crippen MR) is 107 cm³/mol. The molecule has 0 aliphatic carbocycles. The molecule has 0 unspecified atom stereocenters. The first-order chi connectivity index (χ1) is 12.7. The van der Waals surface area contributed by atoms with Gasteiger partial charge in [0.25, 0.3) is 0 Å². The number of aromatic nitrogens is 3. The molecule has 4 nitrogen and oxygen atoms in total. The molecule has 1 aromatic carbocycles. The molecular weight excluding hydrogens is 320 g/mol. The number of hydrogen-bond acceptors (Lipinski definition) is 3. The van der Waals surface area contributed by atoms with Crippen LogP contribution in [0.15, 0.2) is 42.9 Å². The van der Waals surface area contributed by atoms with Gasteiger partial charge in [0.15, 0.2) is 5.82 Å².